The van der Waals surface area contributed by atoms with E-state index in [1.54, 1.807) is 0 Å². The van der Waals surface area contributed by atoms with E-state index in [-0.39, 0.29) is 17.9 Å². The number of carbonyl (C=O) groups is 1. The summed E-state index contributed by atoms with van der Waals surface area (Å²) in [7, 11) is 0. The van der Waals surface area contributed by atoms with Crippen LogP contribution in [0.3, 0.4) is 0 Å². The fraction of sp³-hybridized carbons (Fsp3) is 0.938. The zero-order valence-corrected chi connectivity index (χ0v) is 12.8. The van der Waals surface area contributed by atoms with Crippen LogP contribution in [0.5, 0.6) is 0 Å². The Balaban J connectivity index is 1.66. The topological polar surface area (TPSA) is 64.4 Å². The molecule has 0 aromatic rings. The lowest BCUT2D eigenvalue weighted by molar-refractivity contribution is -0.124. The first-order valence-corrected chi connectivity index (χ1v) is 8.29. The minimum absolute atomic E-state index is 0.0281. The maximum absolute atomic E-state index is 12.1. The second kappa shape index (κ2) is 7.99. The number of ether oxygens (including phenoxy) is 1. The molecular formula is C16H30N2O2. The van der Waals surface area contributed by atoms with Crippen molar-refractivity contribution in [2.75, 3.05) is 19.8 Å². The van der Waals surface area contributed by atoms with E-state index >= 15 is 0 Å². The molecular weight excluding hydrogens is 252 g/mol. The molecule has 1 aliphatic carbocycles. The standard InChI is InChI=1S/C16H30N2O2/c1-12-4-2-3-5-13(12)6-9-18-16(19)15(17)14-7-10-20-11-8-14/h12-15H,2-11,17H2,1H3,(H,18,19). The van der Waals surface area contributed by atoms with Gasteiger partial charge in [-0.25, -0.2) is 0 Å². The lowest BCUT2D eigenvalue weighted by atomic mass is 9.79. The van der Waals surface area contributed by atoms with Crippen LogP contribution < -0.4 is 11.1 Å². The van der Waals surface area contributed by atoms with Gasteiger partial charge in [-0.1, -0.05) is 32.6 Å². The van der Waals surface area contributed by atoms with Gasteiger partial charge in [-0.15, -0.1) is 0 Å². The van der Waals surface area contributed by atoms with E-state index in [9.17, 15) is 4.79 Å². The minimum atomic E-state index is -0.359. The molecule has 3 N–H and O–H groups in total. The molecule has 3 atom stereocenters. The maximum Gasteiger partial charge on any atom is 0.237 e. The van der Waals surface area contributed by atoms with Gasteiger partial charge >= 0.3 is 0 Å². The highest BCUT2D eigenvalue weighted by Crippen LogP contribution is 2.31. The van der Waals surface area contributed by atoms with Gasteiger partial charge in [-0.2, -0.15) is 0 Å². The van der Waals surface area contributed by atoms with Gasteiger partial charge in [-0.3, -0.25) is 4.79 Å². The SMILES string of the molecule is CC1CCCCC1CCNC(=O)C(N)C1CCOCC1. The molecule has 116 valence electrons. The number of nitrogens with two attached hydrogens (primary N) is 1. The molecule has 4 nitrogen and oxygen atoms in total. The van der Waals surface area contributed by atoms with Crippen molar-refractivity contribution in [2.24, 2.45) is 23.5 Å². The van der Waals surface area contributed by atoms with Crippen LogP contribution >= 0.6 is 0 Å². The Morgan fingerprint density at radius 3 is 2.65 bits per heavy atom. The highest BCUT2D eigenvalue weighted by atomic mass is 16.5. The Morgan fingerprint density at radius 1 is 1.25 bits per heavy atom. The summed E-state index contributed by atoms with van der Waals surface area (Å²) in [6, 6.07) is -0.359. The third kappa shape index (κ3) is 4.45. The average Bonchev–Trinajstić information content (AvgIpc) is 2.49. The zero-order valence-electron chi connectivity index (χ0n) is 12.8. The summed E-state index contributed by atoms with van der Waals surface area (Å²) in [5.74, 6) is 1.91. The first-order valence-electron chi connectivity index (χ1n) is 8.29. The van der Waals surface area contributed by atoms with Gasteiger partial charge in [0.1, 0.15) is 0 Å². The van der Waals surface area contributed by atoms with E-state index in [2.05, 4.69) is 12.2 Å². The third-order valence-corrected chi connectivity index (χ3v) is 5.18. The smallest absolute Gasteiger partial charge is 0.237 e. The Labute approximate surface area is 122 Å². The third-order valence-electron chi connectivity index (χ3n) is 5.18. The zero-order chi connectivity index (χ0) is 14.4. The lowest BCUT2D eigenvalue weighted by Crippen LogP contribution is -2.47. The van der Waals surface area contributed by atoms with Gasteiger partial charge in [0.2, 0.25) is 5.91 Å². The van der Waals surface area contributed by atoms with Crippen LogP contribution in [0.2, 0.25) is 0 Å². The largest absolute Gasteiger partial charge is 0.381 e. The predicted octanol–water partition coefficient (Wildman–Crippen LogP) is 2.07. The van der Waals surface area contributed by atoms with E-state index in [1.807, 2.05) is 0 Å². The number of nitrogens with one attached hydrogen (secondary N) is 1. The Morgan fingerprint density at radius 2 is 1.95 bits per heavy atom. The van der Waals surface area contributed by atoms with E-state index in [4.69, 9.17) is 10.5 Å². The number of hydrogen-bond donors (Lipinski definition) is 2. The first-order chi connectivity index (χ1) is 9.68. The van der Waals surface area contributed by atoms with Crippen molar-refractivity contribution in [3.8, 4) is 0 Å². The summed E-state index contributed by atoms with van der Waals surface area (Å²) in [4.78, 5) is 12.1. The number of rotatable bonds is 5. The van der Waals surface area contributed by atoms with Crippen molar-refractivity contribution in [1.82, 2.24) is 5.32 Å². The van der Waals surface area contributed by atoms with Gasteiger partial charge in [-0.05, 0) is 37.0 Å². The van der Waals surface area contributed by atoms with E-state index in [0.717, 1.165) is 50.9 Å². The second-order valence-corrected chi connectivity index (χ2v) is 6.58. The van der Waals surface area contributed by atoms with Gasteiger partial charge in [0.25, 0.3) is 0 Å². The Bertz CT molecular complexity index is 303. The predicted molar refractivity (Wildman–Crippen MR) is 80.3 cm³/mol. The molecule has 1 saturated heterocycles. The molecule has 1 heterocycles. The number of hydrogen-bond acceptors (Lipinski definition) is 3. The minimum Gasteiger partial charge on any atom is -0.381 e. The van der Waals surface area contributed by atoms with Gasteiger partial charge < -0.3 is 15.8 Å². The van der Waals surface area contributed by atoms with Crippen molar-refractivity contribution < 1.29 is 9.53 Å². The van der Waals surface area contributed by atoms with Crippen LogP contribution in [0, 0.1) is 17.8 Å². The Hall–Kier alpha value is -0.610. The van der Waals surface area contributed by atoms with Crippen molar-refractivity contribution >= 4 is 5.91 Å². The second-order valence-electron chi connectivity index (χ2n) is 6.58. The molecule has 4 heteroatoms. The summed E-state index contributed by atoms with van der Waals surface area (Å²) in [5, 5.41) is 3.04. The molecule has 2 fully saturated rings. The van der Waals surface area contributed by atoms with Crippen molar-refractivity contribution in [3.63, 3.8) is 0 Å². The number of amides is 1. The van der Waals surface area contributed by atoms with Gasteiger partial charge in [0.05, 0.1) is 6.04 Å². The highest BCUT2D eigenvalue weighted by molar-refractivity contribution is 5.81. The van der Waals surface area contributed by atoms with Crippen LogP contribution in [0.15, 0.2) is 0 Å². The fourth-order valence-electron chi connectivity index (χ4n) is 3.61. The lowest BCUT2D eigenvalue weighted by Gasteiger charge is -2.29. The van der Waals surface area contributed by atoms with Crippen LogP contribution in [-0.4, -0.2) is 31.7 Å². The number of carbonyl (C=O) groups excluding carboxylic acids is 1. The molecule has 1 aliphatic heterocycles. The molecule has 3 unspecified atom stereocenters. The molecule has 1 amide bonds. The summed E-state index contributed by atoms with van der Waals surface area (Å²) >= 11 is 0. The maximum atomic E-state index is 12.1. The summed E-state index contributed by atoms with van der Waals surface area (Å²) < 4.78 is 5.31. The van der Waals surface area contributed by atoms with E-state index in [1.165, 1.54) is 25.7 Å². The van der Waals surface area contributed by atoms with Crippen molar-refractivity contribution in [1.29, 1.82) is 0 Å². The molecule has 0 aromatic heterocycles. The van der Waals surface area contributed by atoms with Crippen LogP contribution in [0.25, 0.3) is 0 Å². The Kier molecular flexibility index (Phi) is 6.30. The quantitative estimate of drug-likeness (QED) is 0.811. The summed E-state index contributed by atoms with van der Waals surface area (Å²) in [6.07, 6.45) is 8.32. The monoisotopic (exact) mass is 282 g/mol. The van der Waals surface area contributed by atoms with Crippen LogP contribution in [0.4, 0.5) is 0 Å². The normalized spacial score (nSPS) is 29.9. The van der Waals surface area contributed by atoms with Gasteiger partial charge in [0.15, 0.2) is 0 Å². The molecule has 0 aromatic carbocycles. The molecule has 2 rings (SSSR count). The van der Waals surface area contributed by atoms with E-state index < -0.39 is 0 Å². The van der Waals surface area contributed by atoms with Crippen molar-refractivity contribution in [3.05, 3.63) is 0 Å². The summed E-state index contributed by atoms with van der Waals surface area (Å²) in [5.41, 5.74) is 6.07. The first kappa shape index (κ1) is 15.8. The average molecular weight is 282 g/mol. The van der Waals surface area contributed by atoms with Gasteiger partial charge in [0, 0.05) is 19.8 Å². The van der Waals surface area contributed by atoms with Crippen molar-refractivity contribution in [2.45, 2.75) is 57.9 Å². The van der Waals surface area contributed by atoms with E-state index in [0.29, 0.717) is 0 Å². The molecule has 0 radical (unpaired) electrons. The fourth-order valence-corrected chi connectivity index (χ4v) is 3.61. The van der Waals surface area contributed by atoms with Crippen LogP contribution in [-0.2, 0) is 9.53 Å². The highest BCUT2D eigenvalue weighted by Gasteiger charge is 2.27. The molecule has 1 saturated carbocycles. The van der Waals surface area contributed by atoms with Crippen LogP contribution in [0.1, 0.15) is 51.9 Å². The molecule has 0 spiro atoms. The summed E-state index contributed by atoms with van der Waals surface area (Å²) in [6.45, 7) is 4.61. The molecule has 20 heavy (non-hydrogen) atoms. The molecule has 0 bridgehead atoms. The molecule has 2 aliphatic rings.